The highest BCUT2D eigenvalue weighted by atomic mass is 16.5. The zero-order valence-electron chi connectivity index (χ0n) is 16.4. The molecule has 0 spiro atoms. The molecule has 0 fully saturated rings. The lowest BCUT2D eigenvalue weighted by atomic mass is 9.78. The maximum Gasteiger partial charge on any atom is 0.119 e. The van der Waals surface area contributed by atoms with Crippen LogP contribution in [0.2, 0.25) is 0 Å². The van der Waals surface area contributed by atoms with Gasteiger partial charge < -0.3 is 19.3 Å². The van der Waals surface area contributed by atoms with Gasteiger partial charge in [0, 0.05) is 12.5 Å². The third-order valence-corrected chi connectivity index (χ3v) is 4.53. The summed E-state index contributed by atoms with van der Waals surface area (Å²) in [5.41, 5.74) is 2.27. The molecule has 26 heavy (non-hydrogen) atoms. The number of hydrogen-bond acceptors (Lipinski definition) is 4. The summed E-state index contributed by atoms with van der Waals surface area (Å²) in [6.45, 7) is 8.91. The summed E-state index contributed by atoms with van der Waals surface area (Å²) in [7, 11) is 1.68. The lowest BCUT2D eigenvalue weighted by Gasteiger charge is -2.26. The Labute approximate surface area is 156 Å². The van der Waals surface area contributed by atoms with Crippen LogP contribution in [0, 0.1) is 0 Å². The molecule has 0 saturated heterocycles. The molecule has 142 valence electrons. The van der Waals surface area contributed by atoms with Crippen molar-refractivity contribution in [2.75, 3.05) is 20.3 Å². The van der Waals surface area contributed by atoms with E-state index in [9.17, 15) is 5.11 Å². The highest BCUT2D eigenvalue weighted by Crippen LogP contribution is 2.33. The Hall–Kier alpha value is -2.04. The van der Waals surface area contributed by atoms with E-state index < -0.39 is 6.10 Å². The highest BCUT2D eigenvalue weighted by molar-refractivity contribution is 5.41. The van der Waals surface area contributed by atoms with Gasteiger partial charge >= 0.3 is 0 Å². The topological polar surface area (TPSA) is 47.9 Å². The number of aliphatic hydroxyl groups excluding tert-OH is 1. The molecule has 0 aliphatic rings. The molecule has 4 nitrogen and oxygen atoms in total. The van der Waals surface area contributed by atoms with Crippen LogP contribution in [-0.4, -0.2) is 37.6 Å². The highest BCUT2D eigenvalue weighted by Gasteiger charge is 2.23. The van der Waals surface area contributed by atoms with Crippen molar-refractivity contribution in [1.29, 1.82) is 0 Å². The minimum Gasteiger partial charge on any atom is -0.491 e. The number of aliphatic hydroxyl groups is 1. The van der Waals surface area contributed by atoms with E-state index in [4.69, 9.17) is 14.2 Å². The molecule has 0 saturated carbocycles. The largest absolute Gasteiger partial charge is 0.491 e. The third-order valence-electron chi connectivity index (χ3n) is 4.53. The second-order valence-corrected chi connectivity index (χ2v) is 7.19. The van der Waals surface area contributed by atoms with Gasteiger partial charge in [-0.1, -0.05) is 38.1 Å². The Morgan fingerprint density at radius 2 is 1.23 bits per heavy atom. The second kappa shape index (κ2) is 9.06. The van der Waals surface area contributed by atoms with Crippen LogP contribution in [0.4, 0.5) is 0 Å². The molecule has 0 bridgehead atoms. The normalized spacial score (nSPS) is 13.9. The molecular weight excluding hydrogens is 328 g/mol. The SMILES string of the molecule is COC(C)COc1ccc(C(C)(C)c2ccc(OCC(C)O)cc2)cc1. The number of benzene rings is 2. The van der Waals surface area contributed by atoms with Crippen molar-refractivity contribution in [2.24, 2.45) is 0 Å². The summed E-state index contributed by atoms with van der Waals surface area (Å²) < 4.78 is 16.5. The van der Waals surface area contributed by atoms with E-state index in [1.54, 1.807) is 14.0 Å². The maximum atomic E-state index is 9.31. The second-order valence-electron chi connectivity index (χ2n) is 7.19. The zero-order chi connectivity index (χ0) is 19.2. The first-order chi connectivity index (χ1) is 12.3. The Bertz CT molecular complexity index is 660. The zero-order valence-corrected chi connectivity index (χ0v) is 16.4. The van der Waals surface area contributed by atoms with Gasteiger partial charge in [0.2, 0.25) is 0 Å². The molecule has 0 heterocycles. The van der Waals surface area contributed by atoms with Gasteiger partial charge in [-0.15, -0.1) is 0 Å². The van der Waals surface area contributed by atoms with Crippen molar-refractivity contribution in [2.45, 2.75) is 45.3 Å². The minimum atomic E-state index is -0.473. The molecule has 2 unspecified atom stereocenters. The predicted octanol–water partition coefficient (Wildman–Crippen LogP) is 4.19. The van der Waals surface area contributed by atoms with Gasteiger partial charge in [-0.05, 0) is 49.2 Å². The number of rotatable bonds is 9. The fourth-order valence-corrected chi connectivity index (χ4v) is 2.60. The van der Waals surface area contributed by atoms with Crippen molar-refractivity contribution in [3.8, 4) is 11.5 Å². The van der Waals surface area contributed by atoms with Crippen LogP contribution in [-0.2, 0) is 10.2 Å². The first kappa shape index (κ1) is 20.3. The summed E-state index contributed by atoms with van der Waals surface area (Å²) in [6.07, 6.45) is -0.403. The Kier molecular flexibility index (Phi) is 7.06. The smallest absolute Gasteiger partial charge is 0.119 e. The molecule has 1 N–H and O–H groups in total. The molecule has 0 amide bonds. The first-order valence-corrected chi connectivity index (χ1v) is 9.00. The standard InChI is InChI=1S/C22H30O4/c1-16(23)14-25-20-10-6-18(7-11-20)22(3,4)19-8-12-21(13-9-19)26-15-17(2)24-5/h6-13,16-17,23H,14-15H2,1-5H3. The average Bonchev–Trinajstić information content (AvgIpc) is 2.65. The Morgan fingerprint density at radius 3 is 1.62 bits per heavy atom. The molecule has 2 aromatic carbocycles. The quantitative estimate of drug-likeness (QED) is 0.730. The van der Waals surface area contributed by atoms with Crippen LogP contribution in [0.5, 0.6) is 11.5 Å². The molecule has 2 atom stereocenters. The number of ether oxygens (including phenoxy) is 3. The van der Waals surface area contributed by atoms with Crippen molar-refractivity contribution in [3.63, 3.8) is 0 Å². The lowest BCUT2D eigenvalue weighted by Crippen LogP contribution is -2.19. The molecular formula is C22H30O4. The first-order valence-electron chi connectivity index (χ1n) is 9.00. The summed E-state index contributed by atoms with van der Waals surface area (Å²) in [6, 6.07) is 16.2. The molecule has 0 aliphatic carbocycles. The van der Waals surface area contributed by atoms with Crippen molar-refractivity contribution in [3.05, 3.63) is 59.7 Å². The summed E-state index contributed by atoms with van der Waals surface area (Å²) in [5, 5.41) is 9.31. The van der Waals surface area contributed by atoms with Gasteiger partial charge in [0.05, 0.1) is 12.2 Å². The maximum absolute atomic E-state index is 9.31. The van der Waals surface area contributed by atoms with Crippen molar-refractivity contribution < 1.29 is 19.3 Å². The molecule has 0 radical (unpaired) electrons. The molecule has 4 heteroatoms. The van der Waals surface area contributed by atoms with Gasteiger partial charge in [0.15, 0.2) is 0 Å². The Balaban J connectivity index is 2.06. The molecule has 0 aliphatic heterocycles. The van der Waals surface area contributed by atoms with E-state index in [2.05, 4.69) is 38.1 Å². The summed E-state index contributed by atoms with van der Waals surface area (Å²) in [5.74, 6) is 1.61. The van der Waals surface area contributed by atoms with Crippen LogP contribution < -0.4 is 9.47 Å². The van der Waals surface area contributed by atoms with Gasteiger partial charge in [0.25, 0.3) is 0 Å². The minimum absolute atomic E-state index is 0.0701. The van der Waals surface area contributed by atoms with Gasteiger partial charge in [-0.25, -0.2) is 0 Å². The monoisotopic (exact) mass is 358 g/mol. The molecule has 2 rings (SSSR count). The van der Waals surface area contributed by atoms with Crippen LogP contribution in [0.15, 0.2) is 48.5 Å². The fourth-order valence-electron chi connectivity index (χ4n) is 2.60. The number of hydrogen-bond donors (Lipinski definition) is 1. The molecule has 2 aromatic rings. The van der Waals surface area contributed by atoms with E-state index in [0.717, 1.165) is 11.5 Å². The Morgan fingerprint density at radius 1 is 0.808 bits per heavy atom. The van der Waals surface area contributed by atoms with Gasteiger partial charge in [0.1, 0.15) is 24.7 Å². The average molecular weight is 358 g/mol. The number of methoxy groups -OCH3 is 1. The lowest BCUT2D eigenvalue weighted by molar-refractivity contribution is 0.0716. The fraction of sp³-hybridized carbons (Fsp3) is 0.455. The summed E-state index contributed by atoms with van der Waals surface area (Å²) >= 11 is 0. The van der Waals surface area contributed by atoms with E-state index in [-0.39, 0.29) is 11.5 Å². The van der Waals surface area contributed by atoms with Gasteiger partial charge in [-0.2, -0.15) is 0 Å². The van der Waals surface area contributed by atoms with E-state index >= 15 is 0 Å². The van der Waals surface area contributed by atoms with E-state index in [0.29, 0.717) is 13.2 Å². The van der Waals surface area contributed by atoms with E-state index in [1.807, 2.05) is 31.2 Å². The van der Waals surface area contributed by atoms with Crippen LogP contribution in [0.25, 0.3) is 0 Å². The van der Waals surface area contributed by atoms with Crippen LogP contribution in [0.1, 0.15) is 38.8 Å². The van der Waals surface area contributed by atoms with Gasteiger partial charge in [-0.3, -0.25) is 0 Å². The van der Waals surface area contributed by atoms with Crippen molar-refractivity contribution >= 4 is 0 Å². The molecule has 0 aromatic heterocycles. The van der Waals surface area contributed by atoms with Crippen molar-refractivity contribution in [1.82, 2.24) is 0 Å². The third kappa shape index (κ3) is 5.48. The van der Waals surface area contributed by atoms with Crippen LogP contribution in [0.3, 0.4) is 0 Å². The predicted molar refractivity (Wildman–Crippen MR) is 104 cm³/mol. The van der Waals surface area contributed by atoms with E-state index in [1.165, 1.54) is 11.1 Å². The van der Waals surface area contributed by atoms with Crippen LogP contribution >= 0.6 is 0 Å². The summed E-state index contributed by atoms with van der Waals surface area (Å²) in [4.78, 5) is 0.